The van der Waals surface area contributed by atoms with Crippen LogP contribution in [-0.4, -0.2) is 50.0 Å². The molecular weight excluding hydrogens is 351 g/mol. The molecule has 2 fully saturated rings. The van der Waals surface area contributed by atoms with Gasteiger partial charge in [0.1, 0.15) is 0 Å². The number of nitrogens with one attached hydrogen (secondary N) is 2. The molecule has 0 spiro atoms. The van der Waals surface area contributed by atoms with Gasteiger partial charge in [0.15, 0.2) is 0 Å². The van der Waals surface area contributed by atoms with Gasteiger partial charge >= 0.3 is 0 Å². The van der Waals surface area contributed by atoms with E-state index in [1.54, 1.807) is 0 Å². The van der Waals surface area contributed by atoms with E-state index in [1.807, 2.05) is 24.3 Å². The van der Waals surface area contributed by atoms with Crippen LogP contribution in [0.2, 0.25) is 5.02 Å². The van der Waals surface area contributed by atoms with Crippen LogP contribution in [0.3, 0.4) is 0 Å². The highest BCUT2D eigenvalue weighted by Gasteiger charge is 2.42. The molecule has 0 aliphatic carbocycles. The Labute approximate surface area is 153 Å². The summed E-state index contributed by atoms with van der Waals surface area (Å²) in [5, 5.41) is 16.7. The molecular formula is C17H24Cl2N2O3. The maximum absolute atomic E-state index is 13.0. The molecule has 2 aliphatic heterocycles. The second kappa shape index (κ2) is 8.50. The first-order valence-electron chi connectivity index (χ1n) is 8.13. The predicted molar refractivity (Wildman–Crippen MR) is 95.8 cm³/mol. The summed E-state index contributed by atoms with van der Waals surface area (Å²) in [6.45, 7) is 2.96. The van der Waals surface area contributed by atoms with Gasteiger partial charge < -0.3 is 20.5 Å². The van der Waals surface area contributed by atoms with E-state index in [0.29, 0.717) is 44.2 Å². The summed E-state index contributed by atoms with van der Waals surface area (Å²) in [7, 11) is 0. The fraction of sp³-hybridized carbons (Fsp3) is 0.588. The minimum Gasteiger partial charge on any atom is -0.391 e. The van der Waals surface area contributed by atoms with E-state index < -0.39 is 11.5 Å². The lowest BCUT2D eigenvalue weighted by molar-refractivity contribution is -0.130. The van der Waals surface area contributed by atoms with E-state index >= 15 is 0 Å². The maximum atomic E-state index is 13.0. The normalized spacial score (nSPS) is 25.8. The zero-order chi connectivity index (χ0) is 16.3. The largest absolute Gasteiger partial charge is 0.391 e. The Bertz CT molecular complexity index is 547. The number of amides is 1. The summed E-state index contributed by atoms with van der Waals surface area (Å²) in [5.74, 6) is 0.0864. The van der Waals surface area contributed by atoms with Crippen molar-refractivity contribution in [1.29, 1.82) is 0 Å². The highest BCUT2D eigenvalue weighted by molar-refractivity contribution is 6.30. The first-order valence-corrected chi connectivity index (χ1v) is 8.50. The molecule has 24 heavy (non-hydrogen) atoms. The Morgan fingerprint density at radius 1 is 1.29 bits per heavy atom. The summed E-state index contributed by atoms with van der Waals surface area (Å²) in [6, 6.07) is 7.51. The average Bonchev–Trinajstić information content (AvgIpc) is 2.99. The summed E-state index contributed by atoms with van der Waals surface area (Å²) < 4.78 is 5.46. The second-order valence-electron chi connectivity index (χ2n) is 6.40. The van der Waals surface area contributed by atoms with Crippen LogP contribution in [-0.2, 0) is 14.9 Å². The van der Waals surface area contributed by atoms with E-state index in [9.17, 15) is 9.90 Å². The van der Waals surface area contributed by atoms with Gasteiger partial charge in [0.25, 0.3) is 0 Å². The highest BCUT2D eigenvalue weighted by Crippen LogP contribution is 2.35. The third-order valence-electron chi connectivity index (χ3n) is 5.01. The summed E-state index contributed by atoms with van der Waals surface area (Å²) in [5.41, 5.74) is 0.410. The number of halogens is 2. The zero-order valence-electron chi connectivity index (χ0n) is 13.5. The molecule has 3 rings (SSSR count). The third kappa shape index (κ3) is 4.03. The van der Waals surface area contributed by atoms with Crippen molar-refractivity contribution in [3.05, 3.63) is 34.9 Å². The van der Waals surface area contributed by atoms with Crippen molar-refractivity contribution in [3.8, 4) is 0 Å². The molecule has 134 valence electrons. The SMILES string of the molecule is Cl.O=C(NCC1CNCC1O)C1(c2ccc(Cl)cc2)CCOCC1. The molecule has 0 bridgehead atoms. The molecule has 2 aliphatic rings. The first-order chi connectivity index (χ1) is 11.1. The number of β-amino-alcohol motifs (C(OH)–C–C–N with tert-alkyl or cyclic N) is 1. The van der Waals surface area contributed by atoms with Crippen LogP contribution in [0, 0.1) is 5.92 Å². The summed E-state index contributed by atoms with van der Waals surface area (Å²) in [6.07, 6.45) is 0.925. The Kier molecular flexibility index (Phi) is 6.89. The predicted octanol–water partition coefficient (Wildman–Crippen LogP) is 1.51. The number of rotatable bonds is 4. The van der Waals surface area contributed by atoms with Gasteiger partial charge in [-0.15, -0.1) is 12.4 Å². The molecule has 0 saturated carbocycles. The molecule has 2 heterocycles. The van der Waals surface area contributed by atoms with Gasteiger partial charge in [-0.3, -0.25) is 4.79 Å². The monoisotopic (exact) mass is 374 g/mol. The minimum absolute atomic E-state index is 0. The Morgan fingerprint density at radius 3 is 2.54 bits per heavy atom. The fourth-order valence-electron chi connectivity index (χ4n) is 3.46. The first kappa shape index (κ1) is 19.5. The van der Waals surface area contributed by atoms with Crippen LogP contribution in [0.25, 0.3) is 0 Å². The number of carbonyl (C=O) groups excluding carboxylic acids is 1. The molecule has 7 heteroatoms. The lowest BCUT2D eigenvalue weighted by Crippen LogP contribution is -2.49. The molecule has 0 radical (unpaired) electrons. The van der Waals surface area contributed by atoms with Crippen molar-refractivity contribution in [3.63, 3.8) is 0 Å². The Balaban J connectivity index is 0.00000208. The summed E-state index contributed by atoms with van der Waals surface area (Å²) in [4.78, 5) is 13.0. The summed E-state index contributed by atoms with van der Waals surface area (Å²) >= 11 is 5.98. The van der Waals surface area contributed by atoms with Gasteiger partial charge in [-0.1, -0.05) is 23.7 Å². The topological polar surface area (TPSA) is 70.6 Å². The molecule has 2 atom stereocenters. The molecule has 5 nitrogen and oxygen atoms in total. The van der Waals surface area contributed by atoms with Crippen LogP contribution in [0.1, 0.15) is 18.4 Å². The van der Waals surface area contributed by atoms with Crippen LogP contribution in [0.5, 0.6) is 0 Å². The van der Waals surface area contributed by atoms with Crippen molar-refractivity contribution in [2.24, 2.45) is 5.92 Å². The molecule has 2 unspecified atom stereocenters. The van der Waals surface area contributed by atoms with Crippen molar-refractivity contribution in [1.82, 2.24) is 10.6 Å². The van der Waals surface area contributed by atoms with Gasteiger partial charge in [-0.2, -0.15) is 0 Å². The third-order valence-corrected chi connectivity index (χ3v) is 5.26. The maximum Gasteiger partial charge on any atom is 0.230 e. The van der Waals surface area contributed by atoms with Crippen LogP contribution < -0.4 is 10.6 Å². The van der Waals surface area contributed by atoms with E-state index in [1.165, 1.54) is 0 Å². The smallest absolute Gasteiger partial charge is 0.230 e. The molecule has 3 N–H and O–H groups in total. The fourth-order valence-corrected chi connectivity index (χ4v) is 3.58. The van der Waals surface area contributed by atoms with Gasteiger partial charge in [0, 0.05) is 43.8 Å². The van der Waals surface area contributed by atoms with Crippen molar-refractivity contribution in [2.45, 2.75) is 24.4 Å². The Morgan fingerprint density at radius 2 is 1.96 bits per heavy atom. The van der Waals surface area contributed by atoms with Gasteiger partial charge in [0.2, 0.25) is 5.91 Å². The zero-order valence-corrected chi connectivity index (χ0v) is 15.0. The lowest BCUT2D eigenvalue weighted by atomic mass is 9.73. The molecule has 2 saturated heterocycles. The minimum atomic E-state index is -0.570. The molecule has 1 amide bonds. The number of aliphatic hydroxyl groups excluding tert-OH is 1. The molecule has 0 aromatic heterocycles. The highest BCUT2D eigenvalue weighted by atomic mass is 35.5. The van der Waals surface area contributed by atoms with E-state index in [-0.39, 0.29) is 24.2 Å². The second-order valence-corrected chi connectivity index (χ2v) is 6.83. The van der Waals surface area contributed by atoms with Gasteiger partial charge in [-0.05, 0) is 30.5 Å². The number of hydrogen-bond acceptors (Lipinski definition) is 4. The molecule has 1 aromatic rings. The van der Waals surface area contributed by atoms with E-state index in [2.05, 4.69) is 10.6 Å². The van der Waals surface area contributed by atoms with Crippen molar-refractivity contribution >= 4 is 29.9 Å². The number of benzene rings is 1. The standard InChI is InChI=1S/C17H23ClN2O3.ClH/c18-14-3-1-13(2-4-14)17(5-7-23-8-6-17)16(22)20-10-12-9-19-11-15(12)21;/h1-4,12,15,19,21H,5-11H2,(H,20,22);1H. The van der Waals surface area contributed by atoms with Crippen molar-refractivity contribution < 1.29 is 14.6 Å². The van der Waals surface area contributed by atoms with Crippen LogP contribution in [0.15, 0.2) is 24.3 Å². The number of ether oxygens (including phenoxy) is 1. The van der Waals surface area contributed by atoms with E-state index in [0.717, 1.165) is 12.1 Å². The van der Waals surface area contributed by atoms with E-state index in [4.69, 9.17) is 16.3 Å². The number of hydrogen-bond donors (Lipinski definition) is 3. The lowest BCUT2D eigenvalue weighted by Gasteiger charge is -2.36. The average molecular weight is 375 g/mol. The quantitative estimate of drug-likeness (QED) is 0.746. The van der Waals surface area contributed by atoms with Crippen LogP contribution in [0.4, 0.5) is 0 Å². The number of carbonyl (C=O) groups is 1. The molecule has 1 aromatic carbocycles. The van der Waals surface area contributed by atoms with Crippen molar-refractivity contribution in [2.75, 3.05) is 32.8 Å². The van der Waals surface area contributed by atoms with Gasteiger partial charge in [0.05, 0.1) is 11.5 Å². The Hall–Kier alpha value is -0.850. The van der Waals surface area contributed by atoms with Crippen LogP contribution >= 0.6 is 24.0 Å². The van der Waals surface area contributed by atoms with Gasteiger partial charge in [-0.25, -0.2) is 0 Å². The number of aliphatic hydroxyl groups is 1.